The first-order chi connectivity index (χ1) is 17.6. The number of benzene rings is 3. The summed E-state index contributed by atoms with van der Waals surface area (Å²) in [6, 6.07) is 20.6. The quantitative estimate of drug-likeness (QED) is 0.309. The number of aromatic nitrogens is 2. The maximum Gasteiger partial charge on any atom is 0.262 e. The second-order valence-electron chi connectivity index (χ2n) is 9.04. The van der Waals surface area contributed by atoms with Crippen molar-refractivity contribution in [2.24, 2.45) is 4.99 Å². The van der Waals surface area contributed by atoms with E-state index >= 15 is 0 Å². The number of rotatable bonds is 5. The molecule has 0 atom stereocenters. The molecule has 1 amide bonds. The Bertz CT molecular complexity index is 1670. The fourth-order valence-electron chi connectivity index (χ4n) is 4.64. The molecule has 0 aliphatic carbocycles. The summed E-state index contributed by atoms with van der Waals surface area (Å²) < 4.78 is 7.84. The van der Waals surface area contributed by atoms with Crippen LogP contribution in [0.2, 0.25) is 0 Å². The summed E-state index contributed by atoms with van der Waals surface area (Å²) >= 11 is 1.63. The van der Waals surface area contributed by atoms with Crippen LogP contribution in [0.4, 0.5) is 11.4 Å². The molecule has 0 saturated heterocycles. The van der Waals surface area contributed by atoms with Crippen LogP contribution in [0.15, 0.2) is 77.2 Å². The lowest BCUT2D eigenvalue weighted by Gasteiger charge is -2.19. The Balaban J connectivity index is 1.44. The highest BCUT2D eigenvalue weighted by Gasteiger charge is 2.18. The number of thiazole rings is 1. The minimum absolute atomic E-state index is 0.0499. The van der Waals surface area contributed by atoms with Gasteiger partial charge in [0, 0.05) is 34.6 Å². The highest BCUT2D eigenvalue weighted by molar-refractivity contribution is 7.07. The summed E-state index contributed by atoms with van der Waals surface area (Å²) in [7, 11) is 0. The average Bonchev–Trinajstić information content (AvgIpc) is 3.49. The number of hydrogen-bond donors (Lipinski definition) is 2. The average molecular weight is 495 g/mol. The van der Waals surface area contributed by atoms with Crippen LogP contribution in [-0.2, 0) is 17.8 Å². The maximum atomic E-state index is 11.9. The molecule has 0 unspecified atom stereocenters. The van der Waals surface area contributed by atoms with Crippen molar-refractivity contribution in [3.8, 4) is 17.0 Å². The number of nitrogens with zero attached hydrogens (tertiary/aromatic N) is 2. The number of anilines is 1. The Morgan fingerprint density at radius 1 is 1.08 bits per heavy atom. The SMILES string of the molecule is Cc1cccc(N=c2scc(-c3ccc4c(c3)NC(=O)CO4)n2CCc2c[nH]c3ccccc23)c1C. The number of nitrogens with one attached hydrogen (secondary N) is 2. The van der Waals surface area contributed by atoms with Crippen molar-refractivity contribution < 1.29 is 9.53 Å². The fourth-order valence-corrected chi connectivity index (χ4v) is 5.59. The van der Waals surface area contributed by atoms with Crippen LogP contribution in [-0.4, -0.2) is 22.1 Å². The molecule has 6 rings (SSSR count). The van der Waals surface area contributed by atoms with Gasteiger partial charge in [0.2, 0.25) is 0 Å². The van der Waals surface area contributed by atoms with Crippen LogP contribution in [0.1, 0.15) is 16.7 Å². The van der Waals surface area contributed by atoms with Crippen molar-refractivity contribution in [1.82, 2.24) is 9.55 Å². The van der Waals surface area contributed by atoms with Crippen LogP contribution in [0.3, 0.4) is 0 Å². The second-order valence-corrected chi connectivity index (χ2v) is 9.88. The Labute approximate surface area is 212 Å². The van der Waals surface area contributed by atoms with Gasteiger partial charge >= 0.3 is 0 Å². The molecule has 7 heteroatoms. The number of carbonyl (C=O) groups excluding carboxylic acids is 1. The van der Waals surface area contributed by atoms with Gasteiger partial charge in [0.1, 0.15) is 5.75 Å². The van der Waals surface area contributed by atoms with Gasteiger partial charge in [0.25, 0.3) is 5.91 Å². The largest absolute Gasteiger partial charge is 0.482 e. The van der Waals surface area contributed by atoms with E-state index in [1.807, 2.05) is 24.3 Å². The van der Waals surface area contributed by atoms with Gasteiger partial charge in [-0.05, 0) is 67.3 Å². The standard InChI is InChI=1S/C29H26N4O2S/c1-18-6-5-9-23(19(18)2)32-29-33(13-12-21-15-30-24-8-4-3-7-22(21)24)26(17-36-29)20-10-11-27-25(14-20)31-28(34)16-35-27/h3-11,14-15,17,30H,12-13,16H2,1-2H3,(H,31,34). The first kappa shape index (κ1) is 22.4. The number of amides is 1. The molecular formula is C29H26N4O2S. The molecule has 36 heavy (non-hydrogen) atoms. The lowest BCUT2D eigenvalue weighted by molar-refractivity contribution is -0.118. The molecule has 0 radical (unpaired) electrons. The molecule has 3 aromatic carbocycles. The molecule has 1 aliphatic heterocycles. The minimum Gasteiger partial charge on any atom is -0.482 e. The van der Waals surface area contributed by atoms with Crippen molar-refractivity contribution in [3.63, 3.8) is 0 Å². The fraction of sp³-hybridized carbons (Fsp3) is 0.172. The number of ether oxygens (including phenoxy) is 1. The smallest absolute Gasteiger partial charge is 0.262 e. The number of para-hydroxylation sites is 1. The summed E-state index contributed by atoms with van der Waals surface area (Å²) in [6.45, 7) is 5.05. The van der Waals surface area contributed by atoms with Gasteiger partial charge < -0.3 is 19.6 Å². The third-order valence-corrected chi connectivity index (χ3v) is 7.64. The topological polar surface area (TPSA) is 71.4 Å². The summed E-state index contributed by atoms with van der Waals surface area (Å²) in [5, 5.41) is 6.32. The summed E-state index contributed by atoms with van der Waals surface area (Å²) in [6.07, 6.45) is 2.96. The predicted octanol–water partition coefficient (Wildman–Crippen LogP) is 6.12. The lowest BCUT2D eigenvalue weighted by atomic mass is 10.1. The molecule has 1 aliphatic rings. The summed E-state index contributed by atoms with van der Waals surface area (Å²) in [4.78, 5) is 21.3. The van der Waals surface area contributed by atoms with Crippen molar-refractivity contribution in [2.75, 3.05) is 11.9 Å². The van der Waals surface area contributed by atoms with Crippen LogP contribution < -0.4 is 14.9 Å². The van der Waals surface area contributed by atoms with Crippen LogP contribution in [0, 0.1) is 13.8 Å². The number of H-pyrrole nitrogens is 1. The highest BCUT2D eigenvalue weighted by atomic mass is 32.1. The van der Waals surface area contributed by atoms with Gasteiger partial charge in [-0.1, -0.05) is 30.3 Å². The highest BCUT2D eigenvalue weighted by Crippen LogP contribution is 2.33. The Hall–Kier alpha value is -4.10. The van der Waals surface area contributed by atoms with Crippen molar-refractivity contribution in [1.29, 1.82) is 0 Å². The molecule has 0 fully saturated rings. The van der Waals surface area contributed by atoms with E-state index in [1.165, 1.54) is 22.1 Å². The number of hydrogen-bond acceptors (Lipinski definition) is 4. The van der Waals surface area contributed by atoms with E-state index < -0.39 is 0 Å². The zero-order valence-corrected chi connectivity index (χ0v) is 21.0. The van der Waals surface area contributed by atoms with Gasteiger partial charge in [-0.2, -0.15) is 0 Å². The Morgan fingerprint density at radius 3 is 2.89 bits per heavy atom. The molecule has 2 N–H and O–H groups in total. The molecule has 180 valence electrons. The number of aryl methyl sites for hydroxylation is 2. The zero-order chi connectivity index (χ0) is 24.6. The molecule has 0 bridgehead atoms. The minimum atomic E-state index is -0.136. The molecule has 6 nitrogen and oxygen atoms in total. The van der Waals surface area contributed by atoms with Gasteiger partial charge in [-0.15, -0.1) is 11.3 Å². The molecule has 0 spiro atoms. The second kappa shape index (κ2) is 9.17. The van der Waals surface area contributed by atoms with Crippen LogP contribution in [0.5, 0.6) is 5.75 Å². The zero-order valence-electron chi connectivity index (χ0n) is 20.2. The van der Waals surface area contributed by atoms with Crippen LogP contribution >= 0.6 is 11.3 Å². The molecular weight excluding hydrogens is 468 g/mol. The summed E-state index contributed by atoms with van der Waals surface area (Å²) in [5.74, 6) is 0.557. The first-order valence-electron chi connectivity index (χ1n) is 12.0. The maximum absolute atomic E-state index is 11.9. The lowest BCUT2D eigenvalue weighted by Crippen LogP contribution is -2.25. The van der Waals surface area contributed by atoms with Crippen molar-refractivity contribution in [3.05, 3.63) is 93.7 Å². The van der Waals surface area contributed by atoms with E-state index in [0.29, 0.717) is 11.4 Å². The third-order valence-electron chi connectivity index (χ3n) is 6.78. The van der Waals surface area contributed by atoms with Gasteiger partial charge in [0.15, 0.2) is 11.4 Å². The first-order valence-corrected chi connectivity index (χ1v) is 12.9. The Morgan fingerprint density at radius 2 is 1.97 bits per heavy atom. The molecule has 2 aromatic heterocycles. The van der Waals surface area contributed by atoms with Crippen molar-refractivity contribution >= 4 is 39.5 Å². The van der Waals surface area contributed by atoms with Crippen molar-refractivity contribution in [2.45, 2.75) is 26.8 Å². The monoisotopic (exact) mass is 494 g/mol. The molecule has 3 heterocycles. The van der Waals surface area contributed by atoms with E-state index in [0.717, 1.165) is 40.2 Å². The van der Waals surface area contributed by atoms with E-state index in [2.05, 4.69) is 76.7 Å². The van der Waals surface area contributed by atoms with E-state index in [-0.39, 0.29) is 12.5 Å². The third kappa shape index (κ3) is 4.12. The predicted molar refractivity (Wildman–Crippen MR) is 145 cm³/mol. The number of carbonyl (C=O) groups is 1. The van der Waals surface area contributed by atoms with E-state index in [9.17, 15) is 4.79 Å². The van der Waals surface area contributed by atoms with Gasteiger partial charge in [0.05, 0.1) is 17.1 Å². The molecule has 5 aromatic rings. The van der Waals surface area contributed by atoms with Crippen LogP contribution in [0.25, 0.3) is 22.2 Å². The normalized spacial score (nSPS) is 13.5. The van der Waals surface area contributed by atoms with Gasteiger partial charge in [-0.3, -0.25) is 4.79 Å². The number of fused-ring (bicyclic) bond motifs is 2. The summed E-state index contributed by atoms with van der Waals surface area (Å²) in [5.41, 5.74) is 8.59. The van der Waals surface area contributed by atoms with E-state index in [4.69, 9.17) is 9.73 Å². The molecule has 0 saturated carbocycles. The number of aromatic amines is 1. The van der Waals surface area contributed by atoms with E-state index in [1.54, 1.807) is 11.3 Å². The Kier molecular flexibility index (Phi) is 5.70. The van der Waals surface area contributed by atoms with Gasteiger partial charge in [-0.25, -0.2) is 4.99 Å².